The van der Waals surface area contributed by atoms with Gasteiger partial charge in [-0.3, -0.25) is 9.69 Å². The van der Waals surface area contributed by atoms with Crippen molar-refractivity contribution in [1.29, 1.82) is 0 Å². The molecule has 3 rings (SSSR count). The molecule has 1 fully saturated rings. The number of carbonyl (C=O) groups excluding carboxylic acids is 2. The van der Waals surface area contributed by atoms with Crippen LogP contribution in [0.15, 0.2) is 24.3 Å². The van der Waals surface area contributed by atoms with Gasteiger partial charge in [-0.2, -0.15) is 0 Å². The molecule has 2 aliphatic heterocycles. The summed E-state index contributed by atoms with van der Waals surface area (Å²) in [5.41, 5.74) is 2.57. The molecule has 0 spiro atoms. The number of hydrogen-bond acceptors (Lipinski definition) is 3. The third-order valence-corrected chi connectivity index (χ3v) is 4.95. The Bertz CT molecular complexity index is 611. The summed E-state index contributed by atoms with van der Waals surface area (Å²) in [4.78, 5) is 28.5. The van der Waals surface area contributed by atoms with Gasteiger partial charge in [0.25, 0.3) is 0 Å². The molecule has 1 saturated heterocycles. The minimum absolute atomic E-state index is 0.0240. The lowest BCUT2D eigenvalue weighted by Gasteiger charge is -2.36. The molecular weight excluding hydrogens is 302 g/mol. The smallest absolute Gasteiger partial charge is 0.324 e. The van der Waals surface area contributed by atoms with Crippen molar-refractivity contribution in [2.24, 2.45) is 5.92 Å². The maximum atomic E-state index is 12.4. The summed E-state index contributed by atoms with van der Waals surface area (Å²) in [6.45, 7) is 7.68. The lowest BCUT2D eigenvalue weighted by Crippen LogP contribution is -2.57. The molecule has 3 amide bonds. The van der Waals surface area contributed by atoms with E-state index < -0.39 is 0 Å². The predicted molar refractivity (Wildman–Crippen MR) is 95.1 cm³/mol. The van der Waals surface area contributed by atoms with Crippen LogP contribution in [0.25, 0.3) is 0 Å². The van der Waals surface area contributed by atoms with E-state index in [2.05, 4.69) is 49.2 Å². The number of hydrogen-bond donors (Lipinski definition) is 1. The summed E-state index contributed by atoms with van der Waals surface area (Å²) in [6, 6.07) is 8.22. The molecule has 1 aromatic rings. The van der Waals surface area contributed by atoms with Crippen molar-refractivity contribution in [1.82, 2.24) is 10.2 Å². The predicted octanol–water partition coefficient (Wildman–Crippen LogP) is 2.79. The van der Waals surface area contributed by atoms with Crippen LogP contribution >= 0.6 is 0 Å². The highest BCUT2D eigenvalue weighted by molar-refractivity contribution is 5.97. The van der Waals surface area contributed by atoms with Crippen LogP contribution in [0.1, 0.15) is 39.2 Å². The fraction of sp³-hybridized carbons (Fsp3) is 0.579. The largest absolute Gasteiger partial charge is 0.366 e. The molecule has 0 aliphatic carbocycles. The second kappa shape index (κ2) is 6.83. The van der Waals surface area contributed by atoms with Gasteiger partial charge in [0.05, 0.1) is 6.54 Å². The van der Waals surface area contributed by atoms with Gasteiger partial charge in [0, 0.05) is 30.7 Å². The van der Waals surface area contributed by atoms with Crippen LogP contribution in [-0.4, -0.2) is 42.0 Å². The van der Waals surface area contributed by atoms with E-state index >= 15 is 0 Å². The highest BCUT2D eigenvalue weighted by Gasteiger charge is 2.34. The molecule has 24 heavy (non-hydrogen) atoms. The van der Waals surface area contributed by atoms with Crippen molar-refractivity contribution in [2.45, 2.75) is 52.1 Å². The topological polar surface area (TPSA) is 52.7 Å². The van der Waals surface area contributed by atoms with Gasteiger partial charge in [0.1, 0.15) is 0 Å². The highest BCUT2D eigenvalue weighted by atomic mass is 16.2. The molecule has 1 aromatic carbocycles. The quantitative estimate of drug-likeness (QED) is 0.904. The Morgan fingerprint density at radius 2 is 1.96 bits per heavy atom. The van der Waals surface area contributed by atoms with E-state index in [1.54, 1.807) is 0 Å². The second-order valence-corrected chi connectivity index (χ2v) is 7.41. The lowest BCUT2D eigenvalue weighted by molar-refractivity contribution is -0.130. The van der Waals surface area contributed by atoms with E-state index in [0.29, 0.717) is 18.9 Å². The molecule has 0 aromatic heterocycles. The Balaban J connectivity index is 1.64. The van der Waals surface area contributed by atoms with Gasteiger partial charge >= 0.3 is 6.03 Å². The monoisotopic (exact) mass is 329 g/mol. The molecule has 0 bridgehead atoms. The van der Waals surface area contributed by atoms with Gasteiger partial charge in [-0.15, -0.1) is 0 Å². The summed E-state index contributed by atoms with van der Waals surface area (Å²) >= 11 is 0. The van der Waals surface area contributed by atoms with Crippen LogP contribution in [-0.2, 0) is 11.2 Å². The van der Waals surface area contributed by atoms with Crippen LogP contribution in [0.4, 0.5) is 10.5 Å². The zero-order chi connectivity index (χ0) is 17.3. The van der Waals surface area contributed by atoms with E-state index in [9.17, 15) is 9.59 Å². The number of carbonyl (C=O) groups is 2. The van der Waals surface area contributed by atoms with Crippen LogP contribution in [0.2, 0.25) is 0 Å². The third-order valence-electron chi connectivity index (χ3n) is 4.95. The number of rotatable bonds is 5. The maximum absolute atomic E-state index is 12.4. The van der Waals surface area contributed by atoms with Gasteiger partial charge in [-0.05, 0) is 37.3 Å². The first-order valence-corrected chi connectivity index (χ1v) is 8.91. The highest BCUT2D eigenvalue weighted by Crippen LogP contribution is 2.29. The van der Waals surface area contributed by atoms with Crippen molar-refractivity contribution in [2.75, 3.05) is 18.0 Å². The minimum atomic E-state index is -0.240. The summed E-state index contributed by atoms with van der Waals surface area (Å²) < 4.78 is 0. The standard InChI is InChI=1S/C19H27N3O2/c1-13(2)10-16-11-18(23)22(19(24)20-16)12-14(3)21-9-8-15-6-4-5-7-17(15)21/h4-7,13-14,16H,8-12H2,1-3H3,(H,20,24)/t14?,16-/m0/s1. The van der Waals surface area contributed by atoms with Gasteiger partial charge in [0.2, 0.25) is 5.91 Å². The second-order valence-electron chi connectivity index (χ2n) is 7.41. The Morgan fingerprint density at radius 3 is 2.67 bits per heavy atom. The maximum Gasteiger partial charge on any atom is 0.324 e. The number of nitrogens with one attached hydrogen (secondary N) is 1. The Hall–Kier alpha value is -2.04. The van der Waals surface area contributed by atoms with Crippen molar-refractivity contribution in [3.05, 3.63) is 29.8 Å². The van der Waals surface area contributed by atoms with E-state index in [1.807, 2.05) is 6.07 Å². The molecule has 5 nitrogen and oxygen atoms in total. The molecule has 5 heteroatoms. The van der Waals surface area contributed by atoms with Crippen LogP contribution in [0.3, 0.4) is 0 Å². The minimum Gasteiger partial charge on any atom is -0.366 e. The molecule has 1 N–H and O–H groups in total. The number of urea groups is 1. The first-order valence-electron chi connectivity index (χ1n) is 8.91. The number of anilines is 1. The zero-order valence-electron chi connectivity index (χ0n) is 14.8. The van der Waals surface area contributed by atoms with Crippen LogP contribution in [0.5, 0.6) is 0 Å². The summed E-state index contributed by atoms with van der Waals surface area (Å²) in [5.74, 6) is 0.415. The first-order chi connectivity index (χ1) is 11.5. The molecule has 2 aliphatic rings. The van der Waals surface area contributed by atoms with Gasteiger partial charge in [-0.1, -0.05) is 32.0 Å². The average molecular weight is 329 g/mol. The van der Waals surface area contributed by atoms with E-state index in [4.69, 9.17) is 0 Å². The number of para-hydroxylation sites is 1. The van der Waals surface area contributed by atoms with Gasteiger partial charge in [-0.25, -0.2) is 4.79 Å². The number of nitrogens with zero attached hydrogens (tertiary/aromatic N) is 2. The molecule has 1 unspecified atom stereocenters. The SMILES string of the molecule is CC(C)C[C@H]1CC(=O)N(CC(C)N2CCc3ccccc32)C(=O)N1. The Morgan fingerprint density at radius 1 is 1.21 bits per heavy atom. The van der Waals surface area contributed by atoms with Crippen LogP contribution < -0.4 is 10.2 Å². The number of imide groups is 1. The molecule has 2 heterocycles. The molecule has 0 radical (unpaired) electrons. The fourth-order valence-corrected chi connectivity index (χ4v) is 3.82. The number of benzene rings is 1. The molecule has 2 atom stereocenters. The lowest BCUT2D eigenvalue weighted by atomic mass is 9.99. The first kappa shape index (κ1) is 16.8. The van der Waals surface area contributed by atoms with Crippen molar-refractivity contribution in [3.8, 4) is 0 Å². The summed E-state index contributed by atoms with van der Waals surface area (Å²) in [6.07, 6.45) is 2.28. The number of fused-ring (bicyclic) bond motifs is 1. The van der Waals surface area contributed by atoms with E-state index in [-0.39, 0.29) is 24.0 Å². The van der Waals surface area contributed by atoms with E-state index in [1.165, 1.54) is 16.2 Å². The summed E-state index contributed by atoms with van der Waals surface area (Å²) in [7, 11) is 0. The molecule has 0 saturated carbocycles. The van der Waals surface area contributed by atoms with Crippen molar-refractivity contribution < 1.29 is 9.59 Å². The van der Waals surface area contributed by atoms with Crippen LogP contribution in [0, 0.1) is 5.92 Å². The Labute approximate surface area is 144 Å². The van der Waals surface area contributed by atoms with Crippen molar-refractivity contribution in [3.63, 3.8) is 0 Å². The normalized spacial score (nSPS) is 21.9. The van der Waals surface area contributed by atoms with E-state index in [0.717, 1.165) is 19.4 Å². The average Bonchev–Trinajstić information content (AvgIpc) is 2.94. The Kier molecular flexibility index (Phi) is 4.78. The van der Waals surface area contributed by atoms with Gasteiger partial charge < -0.3 is 10.2 Å². The number of amides is 3. The third kappa shape index (κ3) is 3.40. The summed E-state index contributed by atoms with van der Waals surface area (Å²) in [5, 5.41) is 2.99. The zero-order valence-corrected chi connectivity index (χ0v) is 14.8. The van der Waals surface area contributed by atoms with Crippen molar-refractivity contribution >= 4 is 17.6 Å². The molecular formula is C19H27N3O2. The van der Waals surface area contributed by atoms with Gasteiger partial charge in [0.15, 0.2) is 0 Å². The fourth-order valence-electron chi connectivity index (χ4n) is 3.82. The molecule has 130 valence electrons.